The number of hydrogen-bond donors (Lipinski definition) is 4. The molecule has 0 bridgehead atoms. The van der Waals surface area contributed by atoms with E-state index in [4.69, 9.17) is 14.7 Å². The Kier molecular flexibility index (Phi) is 5.06. The lowest BCUT2D eigenvalue weighted by Gasteiger charge is -2.07. The number of aliphatic hydroxyl groups excluding tert-OH is 1. The average molecular weight is 258 g/mol. The summed E-state index contributed by atoms with van der Waals surface area (Å²) in [6, 6.07) is -0.505. The molecule has 0 spiro atoms. The molecule has 1 rings (SSSR count). The number of aliphatic hydroxyl groups is 1. The van der Waals surface area contributed by atoms with Crippen LogP contribution in [0.4, 0.5) is 4.79 Å². The molecule has 0 saturated carbocycles. The van der Waals surface area contributed by atoms with Gasteiger partial charge in [0.15, 0.2) is 11.9 Å². The second-order valence-electron chi connectivity index (χ2n) is 3.48. The number of carbonyl (C=O) groups is 2. The molecule has 18 heavy (non-hydrogen) atoms. The molecule has 9 heteroatoms. The van der Waals surface area contributed by atoms with Gasteiger partial charge in [-0.1, -0.05) is 5.16 Å². The molecule has 2 amide bonds. The highest BCUT2D eigenvalue weighted by Gasteiger charge is 2.12. The molecule has 1 aromatic rings. The lowest BCUT2D eigenvalue weighted by Crippen LogP contribution is -2.37. The molecule has 1 atom stereocenters. The number of nitrogens with zero attached hydrogens (tertiary/aromatic N) is 2. The molecule has 0 aliphatic rings. The number of nitrogens with one attached hydrogen (secondary N) is 2. The van der Waals surface area contributed by atoms with E-state index in [1.54, 1.807) is 6.92 Å². The Labute approximate surface area is 102 Å². The Morgan fingerprint density at radius 1 is 1.44 bits per heavy atom. The molecule has 0 aromatic carbocycles. The van der Waals surface area contributed by atoms with Crippen molar-refractivity contribution in [2.45, 2.75) is 26.0 Å². The van der Waals surface area contributed by atoms with E-state index in [1.165, 1.54) is 0 Å². The van der Waals surface area contributed by atoms with E-state index >= 15 is 0 Å². The summed E-state index contributed by atoms with van der Waals surface area (Å²) in [4.78, 5) is 25.4. The van der Waals surface area contributed by atoms with Gasteiger partial charge in [-0.25, -0.2) is 9.59 Å². The molecule has 0 aliphatic heterocycles. The van der Waals surface area contributed by atoms with Crippen molar-refractivity contribution in [1.29, 1.82) is 0 Å². The number of aliphatic carboxylic acids is 1. The van der Waals surface area contributed by atoms with Crippen LogP contribution < -0.4 is 10.6 Å². The first-order valence-electron chi connectivity index (χ1n) is 5.21. The summed E-state index contributed by atoms with van der Waals surface area (Å²) in [5.74, 6) is -0.579. The Morgan fingerprint density at radius 3 is 2.72 bits per heavy atom. The van der Waals surface area contributed by atoms with Gasteiger partial charge in [-0.15, -0.1) is 0 Å². The highest BCUT2D eigenvalue weighted by molar-refractivity contribution is 5.74. The van der Waals surface area contributed by atoms with E-state index in [1.807, 2.05) is 0 Å². The zero-order valence-corrected chi connectivity index (χ0v) is 9.71. The molecule has 9 nitrogen and oxygen atoms in total. The molecule has 0 fully saturated rings. The number of aromatic nitrogens is 2. The van der Waals surface area contributed by atoms with Gasteiger partial charge in [-0.3, -0.25) is 0 Å². The largest absolute Gasteiger partial charge is 0.479 e. The van der Waals surface area contributed by atoms with Crippen molar-refractivity contribution in [3.8, 4) is 0 Å². The van der Waals surface area contributed by atoms with E-state index in [9.17, 15) is 9.59 Å². The fourth-order valence-corrected chi connectivity index (χ4v) is 1.08. The average Bonchev–Trinajstić information content (AvgIpc) is 2.72. The van der Waals surface area contributed by atoms with Crippen LogP contribution in [-0.2, 0) is 11.3 Å². The lowest BCUT2D eigenvalue weighted by molar-refractivity contribution is -0.146. The maximum Gasteiger partial charge on any atom is 0.332 e. The second kappa shape index (κ2) is 6.55. The number of urea groups is 1. The van der Waals surface area contributed by atoms with Gasteiger partial charge in [0.2, 0.25) is 5.89 Å². The van der Waals surface area contributed by atoms with Crippen molar-refractivity contribution in [3.63, 3.8) is 0 Å². The second-order valence-corrected chi connectivity index (χ2v) is 3.48. The summed E-state index contributed by atoms with van der Waals surface area (Å²) in [6.45, 7) is 1.78. The van der Waals surface area contributed by atoms with E-state index in [0.717, 1.165) is 0 Å². The molecular formula is C9H14N4O5. The molecule has 4 N–H and O–H groups in total. The van der Waals surface area contributed by atoms with Gasteiger partial charge in [-0.2, -0.15) is 4.98 Å². The number of hydrogen-bond acceptors (Lipinski definition) is 6. The summed E-state index contributed by atoms with van der Waals surface area (Å²) < 4.78 is 4.70. The predicted octanol–water partition coefficient (Wildman–Crippen LogP) is -0.987. The Bertz CT molecular complexity index is 419. The van der Waals surface area contributed by atoms with Crippen molar-refractivity contribution >= 4 is 12.0 Å². The predicted molar refractivity (Wildman–Crippen MR) is 57.5 cm³/mol. The van der Waals surface area contributed by atoms with Crippen molar-refractivity contribution in [2.24, 2.45) is 0 Å². The first-order chi connectivity index (χ1) is 8.49. The Hall–Kier alpha value is -2.16. The number of carboxylic acid groups (broad SMARTS) is 1. The topological polar surface area (TPSA) is 138 Å². The van der Waals surface area contributed by atoms with Gasteiger partial charge in [0.05, 0.1) is 6.54 Å². The Balaban J connectivity index is 2.16. The van der Waals surface area contributed by atoms with E-state index in [2.05, 4.69) is 20.8 Å². The fraction of sp³-hybridized carbons (Fsp3) is 0.556. The van der Waals surface area contributed by atoms with Crippen LogP contribution in [0.25, 0.3) is 0 Å². The normalized spacial score (nSPS) is 11.9. The molecule has 1 aromatic heterocycles. The monoisotopic (exact) mass is 258 g/mol. The van der Waals surface area contributed by atoms with Gasteiger partial charge in [0.25, 0.3) is 0 Å². The molecule has 1 heterocycles. The van der Waals surface area contributed by atoms with Crippen LogP contribution >= 0.6 is 0 Å². The molecule has 100 valence electrons. The highest BCUT2D eigenvalue weighted by Crippen LogP contribution is 1.93. The maximum atomic E-state index is 11.2. The van der Waals surface area contributed by atoms with Gasteiger partial charge in [0.1, 0.15) is 0 Å². The van der Waals surface area contributed by atoms with Crippen LogP contribution in [0.5, 0.6) is 0 Å². The van der Waals surface area contributed by atoms with Gasteiger partial charge >= 0.3 is 12.0 Å². The summed E-state index contributed by atoms with van der Waals surface area (Å²) in [5.41, 5.74) is 0. The minimum absolute atomic E-state index is 0.0462. The van der Waals surface area contributed by atoms with E-state index in [-0.39, 0.29) is 19.5 Å². The van der Waals surface area contributed by atoms with Crippen LogP contribution in [0.15, 0.2) is 4.52 Å². The van der Waals surface area contributed by atoms with E-state index in [0.29, 0.717) is 11.7 Å². The summed E-state index contributed by atoms with van der Waals surface area (Å²) in [5, 5.41) is 25.8. The third-order valence-corrected chi connectivity index (χ3v) is 1.97. The van der Waals surface area contributed by atoms with Crippen molar-refractivity contribution < 1.29 is 24.3 Å². The zero-order chi connectivity index (χ0) is 13.5. The molecule has 0 unspecified atom stereocenters. The van der Waals surface area contributed by atoms with Gasteiger partial charge < -0.3 is 25.4 Å². The minimum atomic E-state index is -1.48. The standard InChI is InChI=1S/C9H14N4O5/c1-5-12-7(13-18-5)4-11-9(17)10-3-2-6(14)8(15)16/h6,14H,2-4H2,1H3,(H,15,16)(H2,10,11,17)/t6-/m0/s1. The van der Waals surface area contributed by atoms with Crippen LogP contribution in [0.1, 0.15) is 18.1 Å². The lowest BCUT2D eigenvalue weighted by atomic mass is 10.2. The van der Waals surface area contributed by atoms with Crippen molar-refractivity contribution in [2.75, 3.05) is 6.54 Å². The summed E-state index contributed by atoms with van der Waals surface area (Å²) >= 11 is 0. The SMILES string of the molecule is Cc1nc(CNC(=O)NCC[C@H](O)C(=O)O)no1. The van der Waals surface area contributed by atoms with Crippen LogP contribution in [0.2, 0.25) is 0 Å². The Morgan fingerprint density at radius 2 is 2.17 bits per heavy atom. The number of rotatable bonds is 6. The van der Waals surface area contributed by atoms with E-state index < -0.39 is 18.1 Å². The first kappa shape index (κ1) is 13.9. The van der Waals surface area contributed by atoms with Crippen LogP contribution in [0, 0.1) is 6.92 Å². The fourth-order valence-electron chi connectivity index (χ4n) is 1.08. The molecular weight excluding hydrogens is 244 g/mol. The maximum absolute atomic E-state index is 11.2. The van der Waals surface area contributed by atoms with Gasteiger partial charge in [0, 0.05) is 19.9 Å². The quantitative estimate of drug-likeness (QED) is 0.514. The third kappa shape index (κ3) is 4.78. The molecule has 0 saturated heterocycles. The van der Waals surface area contributed by atoms with Crippen molar-refractivity contribution in [3.05, 3.63) is 11.7 Å². The number of carbonyl (C=O) groups excluding carboxylic acids is 1. The molecule has 0 aliphatic carbocycles. The van der Waals surface area contributed by atoms with Gasteiger partial charge in [-0.05, 0) is 0 Å². The third-order valence-electron chi connectivity index (χ3n) is 1.97. The smallest absolute Gasteiger partial charge is 0.332 e. The zero-order valence-electron chi connectivity index (χ0n) is 9.71. The molecule has 0 radical (unpaired) electrons. The summed E-state index contributed by atoms with van der Waals surface area (Å²) in [6.07, 6.45) is -1.55. The number of amides is 2. The first-order valence-corrected chi connectivity index (χ1v) is 5.21. The number of aryl methyl sites for hydroxylation is 1. The number of carboxylic acids is 1. The highest BCUT2D eigenvalue weighted by atomic mass is 16.5. The van der Waals surface area contributed by atoms with Crippen LogP contribution in [-0.4, -0.2) is 45.0 Å². The summed E-state index contributed by atoms with van der Waals surface area (Å²) in [7, 11) is 0. The van der Waals surface area contributed by atoms with Crippen molar-refractivity contribution in [1.82, 2.24) is 20.8 Å². The van der Waals surface area contributed by atoms with Crippen LogP contribution in [0.3, 0.4) is 0 Å². The minimum Gasteiger partial charge on any atom is -0.479 e.